The fraction of sp³-hybridized carbons (Fsp3) is 0.500. The second-order valence-electron chi connectivity index (χ2n) is 4.98. The number of nitrogens with one attached hydrogen (secondary N) is 1. The van der Waals surface area contributed by atoms with E-state index in [9.17, 15) is 9.18 Å². The lowest BCUT2D eigenvalue weighted by Gasteiger charge is -2.32. The van der Waals surface area contributed by atoms with Gasteiger partial charge in [0.05, 0.1) is 0 Å². The summed E-state index contributed by atoms with van der Waals surface area (Å²) in [5, 5.41) is 3.15. The minimum absolute atomic E-state index is 0.0314. The molecule has 5 heteroatoms. The number of hydrogen-bond acceptors (Lipinski definition) is 3. The Morgan fingerprint density at radius 3 is 3.05 bits per heavy atom. The van der Waals surface area contributed by atoms with Crippen LogP contribution >= 0.6 is 12.6 Å². The number of benzene rings is 1. The van der Waals surface area contributed by atoms with E-state index >= 15 is 0 Å². The van der Waals surface area contributed by atoms with Crippen molar-refractivity contribution in [3.8, 4) is 0 Å². The average molecular weight is 282 g/mol. The highest BCUT2D eigenvalue weighted by Crippen LogP contribution is 2.20. The Labute approximate surface area is 118 Å². The molecule has 0 saturated carbocycles. The normalized spacial score (nSPS) is 19.5. The van der Waals surface area contributed by atoms with Crippen molar-refractivity contribution in [2.24, 2.45) is 5.92 Å². The van der Waals surface area contributed by atoms with E-state index in [1.165, 1.54) is 18.2 Å². The fourth-order valence-corrected chi connectivity index (χ4v) is 2.75. The van der Waals surface area contributed by atoms with Gasteiger partial charge in [0.1, 0.15) is 5.82 Å². The van der Waals surface area contributed by atoms with Gasteiger partial charge >= 0.3 is 0 Å². The average Bonchev–Trinajstić information content (AvgIpc) is 2.42. The molecule has 1 atom stereocenters. The fourth-order valence-electron chi connectivity index (χ4n) is 2.53. The van der Waals surface area contributed by atoms with Gasteiger partial charge in [-0.2, -0.15) is 0 Å². The highest BCUT2D eigenvalue weighted by atomic mass is 32.1. The Morgan fingerprint density at radius 1 is 1.58 bits per heavy atom. The van der Waals surface area contributed by atoms with Crippen molar-refractivity contribution in [3.63, 3.8) is 0 Å². The maximum absolute atomic E-state index is 13.2. The summed E-state index contributed by atoms with van der Waals surface area (Å²) in [7, 11) is 1.92. The minimum atomic E-state index is -0.397. The van der Waals surface area contributed by atoms with E-state index < -0.39 is 5.82 Å². The number of carbonyl (C=O) groups is 1. The Morgan fingerprint density at radius 2 is 2.37 bits per heavy atom. The smallest absolute Gasteiger partial charge is 0.253 e. The van der Waals surface area contributed by atoms with Crippen molar-refractivity contribution in [2.45, 2.75) is 17.7 Å². The number of nitrogens with zero attached hydrogens (tertiary/aromatic N) is 1. The van der Waals surface area contributed by atoms with Crippen molar-refractivity contribution in [2.75, 3.05) is 26.7 Å². The van der Waals surface area contributed by atoms with Crippen molar-refractivity contribution in [1.29, 1.82) is 0 Å². The monoisotopic (exact) mass is 282 g/mol. The van der Waals surface area contributed by atoms with Crippen LogP contribution in [0.1, 0.15) is 23.2 Å². The van der Waals surface area contributed by atoms with Crippen LogP contribution in [-0.4, -0.2) is 37.5 Å². The van der Waals surface area contributed by atoms with Gasteiger partial charge in [0.15, 0.2) is 0 Å². The third-order valence-electron chi connectivity index (χ3n) is 3.49. The van der Waals surface area contributed by atoms with Gasteiger partial charge in [0.25, 0.3) is 5.91 Å². The number of carbonyl (C=O) groups excluding carboxylic acids is 1. The first-order valence-electron chi connectivity index (χ1n) is 6.54. The predicted octanol–water partition coefficient (Wildman–Crippen LogP) is 2.19. The SMILES string of the molecule is CNCC1CCCN(C(=O)c2ccc(F)c(S)c2)C1. The second kappa shape index (κ2) is 6.39. The van der Waals surface area contributed by atoms with Crippen LogP contribution in [0.5, 0.6) is 0 Å². The molecule has 0 spiro atoms. The van der Waals surface area contributed by atoms with Crippen molar-refractivity contribution in [3.05, 3.63) is 29.6 Å². The lowest BCUT2D eigenvalue weighted by atomic mass is 9.97. The van der Waals surface area contributed by atoms with Crippen molar-refractivity contribution >= 4 is 18.5 Å². The Kier molecular flexibility index (Phi) is 4.82. The third kappa shape index (κ3) is 3.48. The molecule has 0 aliphatic carbocycles. The summed E-state index contributed by atoms with van der Waals surface area (Å²) in [6, 6.07) is 4.33. The molecule has 1 unspecified atom stereocenters. The summed E-state index contributed by atoms with van der Waals surface area (Å²) >= 11 is 4.02. The minimum Gasteiger partial charge on any atom is -0.338 e. The lowest BCUT2D eigenvalue weighted by molar-refractivity contribution is 0.0674. The van der Waals surface area contributed by atoms with E-state index in [0.717, 1.165) is 32.5 Å². The summed E-state index contributed by atoms with van der Waals surface area (Å²) < 4.78 is 13.2. The van der Waals surface area contributed by atoms with Gasteiger partial charge in [-0.05, 0) is 50.6 Å². The number of rotatable bonds is 3. The van der Waals surface area contributed by atoms with Gasteiger partial charge in [-0.15, -0.1) is 12.6 Å². The van der Waals surface area contributed by atoms with Gasteiger partial charge in [-0.25, -0.2) is 4.39 Å². The molecule has 0 aromatic heterocycles. The topological polar surface area (TPSA) is 32.3 Å². The Hall–Kier alpha value is -1.07. The second-order valence-corrected chi connectivity index (χ2v) is 5.47. The maximum atomic E-state index is 13.2. The zero-order valence-electron chi connectivity index (χ0n) is 11.0. The maximum Gasteiger partial charge on any atom is 0.253 e. The predicted molar refractivity (Wildman–Crippen MR) is 76.2 cm³/mol. The molecule has 0 bridgehead atoms. The molecule has 1 aromatic rings. The van der Waals surface area contributed by atoms with E-state index in [1.807, 2.05) is 11.9 Å². The molecule has 2 rings (SSSR count). The van der Waals surface area contributed by atoms with Crippen LogP contribution < -0.4 is 5.32 Å². The Bertz CT molecular complexity index is 465. The van der Waals surface area contributed by atoms with Crippen LogP contribution in [0.3, 0.4) is 0 Å². The number of thiol groups is 1. The van der Waals surface area contributed by atoms with Crippen LogP contribution in [0.15, 0.2) is 23.1 Å². The molecule has 1 N–H and O–H groups in total. The molecule has 19 heavy (non-hydrogen) atoms. The summed E-state index contributed by atoms with van der Waals surface area (Å²) in [6.07, 6.45) is 2.17. The van der Waals surface area contributed by atoms with Crippen LogP contribution in [0.25, 0.3) is 0 Å². The van der Waals surface area contributed by atoms with E-state index in [-0.39, 0.29) is 10.8 Å². The quantitative estimate of drug-likeness (QED) is 0.833. The van der Waals surface area contributed by atoms with Gasteiger partial charge in [0, 0.05) is 23.5 Å². The third-order valence-corrected chi connectivity index (χ3v) is 3.83. The van der Waals surface area contributed by atoms with E-state index in [4.69, 9.17) is 0 Å². The summed E-state index contributed by atoms with van der Waals surface area (Å²) in [4.78, 5) is 14.4. The highest BCUT2D eigenvalue weighted by Gasteiger charge is 2.24. The molecule has 1 aliphatic heterocycles. The largest absolute Gasteiger partial charge is 0.338 e. The molecule has 1 amide bonds. The van der Waals surface area contributed by atoms with Crippen LogP contribution in [0.4, 0.5) is 4.39 Å². The molecule has 1 fully saturated rings. The first-order valence-corrected chi connectivity index (χ1v) is 6.99. The van der Waals surface area contributed by atoms with Crippen LogP contribution in [0.2, 0.25) is 0 Å². The van der Waals surface area contributed by atoms with Crippen LogP contribution in [0, 0.1) is 11.7 Å². The highest BCUT2D eigenvalue weighted by molar-refractivity contribution is 7.80. The Balaban J connectivity index is 2.08. The number of likely N-dealkylation sites (tertiary alicyclic amines) is 1. The van der Waals surface area contributed by atoms with Gasteiger partial charge in [-0.1, -0.05) is 0 Å². The van der Waals surface area contributed by atoms with Crippen molar-refractivity contribution in [1.82, 2.24) is 10.2 Å². The summed E-state index contributed by atoms with van der Waals surface area (Å²) in [5.41, 5.74) is 0.511. The van der Waals surface area contributed by atoms with Crippen LogP contribution in [-0.2, 0) is 0 Å². The standard InChI is InChI=1S/C14H19FN2OS/c1-16-8-10-3-2-6-17(9-10)14(18)11-4-5-12(15)13(19)7-11/h4-5,7,10,16,19H,2-3,6,8-9H2,1H3. The molecular formula is C14H19FN2OS. The molecule has 1 saturated heterocycles. The van der Waals surface area contributed by atoms with Crippen molar-refractivity contribution < 1.29 is 9.18 Å². The molecule has 1 heterocycles. The number of hydrogen-bond donors (Lipinski definition) is 2. The number of halogens is 1. The summed E-state index contributed by atoms with van der Waals surface area (Å²) in [5.74, 6) is 0.0707. The number of piperidine rings is 1. The first-order chi connectivity index (χ1) is 9.11. The van der Waals surface area contributed by atoms with Gasteiger partial charge < -0.3 is 10.2 Å². The lowest BCUT2D eigenvalue weighted by Crippen LogP contribution is -2.42. The molecule has 1 aromatic carbocycles. The molecule has 3 nitrogen and oxygen atoms in total. The van der Waals surface area contributed by atoms with Gasteiger partial charge in [-0.3, -0.25) is 4.79 Å². The molecule has 104 valence electrons. The molecule has 0 radical (unpaired) electrons. The van der Waals surface area contributed by atoms with E-state index in [0.29, 0.717) is 11.5 Å². The molecule has 1 aliphatic rings. The first kappa shape index (κ1) is 14.3. The summed E-state index contributed by atoms with van der Waals surface area (Å²) in [6.45, 7) is 2.46. The van der Waals surface area contributed by atoms with Gasteiger partial charge in [0.2, 0.25) is 0 Å². The molecular weight excluding hydrogens is 263 g/mol. The van der Waals surface area contributed by atoms with E-state index in [2.05, 4.69) is 17.9 Å². The number of amides is 1. The van der Waals surface area contributed by atoms with E-state index in [1.54, 1.807) is 0 Å². The zero-order valence-corrected chi connectivity index (χ0v) is 11.9. The zero-order chi connectivity index (χ0) is 13.8.